The van der Waals surface area contributed by atoms with Crippen LogP contribution in [0.1, 0.15) is 32.3 Å². The lowest BCUT2D eigenvalue weighted by Crippen LogP contribution is -2.49. The molecule has 156 valence electrons. The maximum atomic E-state index is 13.5. The van der Waals surface area contributed by atoms with Gasteiger partial charge in [0.05, 0.1) is 24.5 Å². The highest BCUT2D eigenvalue weighted by Crippen LogP contribution is 2.29. The van der Waals surface area contributed by atoms with Crippen molar-refractivity contribution >= 4 is 17.6 Å². The lowest BCUT2D eigenvalue weighted by atomic mass is 9.92. The number of carbonyl (C=O) groups is 2. The highest BCUT2D eigenvalue weighted by Gasteiger charge is 2.46. The number of nitrogens with zero attached hydrogens (tertiary/aromatic N) is 1. The Balaban J connectivity index is 1.63. The topological polar surface area (TPSA) is 86.2 Å². The molecular weight excluding hydrogens is 386 g/mol. The largest absolute Gasteiger partial charge is 0.461 e. The molecule has 7 nitrogen and oxygen atoms in total. The van der Waals surface area contributed by atoms with E-state index in [2.05, 4.69) is 17.1 Å². The van der Waals surface area contributed by atoms with Crippen LogP contribution in [0.25, 0.3) is 0 Å². The van der Waals surface area contributed by atoms with Crippen LogP contribution in [-0.2, 0) is 23.9 Å². The summed E-state index contributed by atoms with van der Waals surface area (Å²) in [6.07, 6.45) is 0.479. The van der Waals surface area contributed by atoms with Crippen LogP contribution in [0.2, 0.25) is 0 Å². The second-order valence-electron chi connectivity index (χ2n) is 7.27. The minimum atomic E-state index is -1.52. The molecule has 0 spiro atoms. The molecular formula is C20H22F2N2O5. The van der Waals surface area contributed by atoms with Crippen molar-refractivity contribution in [1.29, 1.82) is 0 Å². The fourth-order valence-corrected chi connectivity index (χ4v) is 3.16. The average Bonchev–Trinajstić information content (AvgIpc) is 3.28. The lowest BCUT2D eigenvalue weighted by molar-refractivity contribution is -0.158. The predicted molar refractivity (Wildman–Crippen MR) is 99.0 cm³/mol. The molecule has 0 unspecified atom stereocenters. The number of amides is 1. The maximum Gasteiger partial charge on any atom is 0.335 e. The van der Waals surface area contributed by atoms with Gasteiger partial charge in [0.25, 0.3) is 5.91 Å². The number of hydrogen-bond donors (Lipinski definition) is 1. The molecule has 3 atom stereocenters. The van der Waals surface area contributed by atoms with Gasteiger partial charge in [-0.25, -0.2) is 13.6 Å². The molecule has 0 saturated carbocycles. The molecule has 2 heterocycles. The number of halogens is 2. The third-order valence-electron chi connectivity index (χ3n) is 4.61. The van der Waals surface area contributed by atoms with Crippen LogP contribution < -0.4 is 5.32 Å². The van der Waals surface area contributed by atoms with E-state index in [0.29, 0.717) is 0 Å². The van der Waals surface area contributed by atoms with E-state index in [1.54, 1.807) is 13.8 Å². The third-order valence-corrected chi connectivity index (χ3v) is 4.61. The van der Waals surface area contributed by atoms with Gasteiger partial charge in [-0.1, -0.05) is 11.7 Å². The van der Waals surface area contributed by atoms with Crippen molar-refractivity contribution in [2.45, 2.75) is 50.5 Å². The minimum absolute atomic E-state index is 0.0440. The van der Waals surface area contributed by atoms with E-state index in [4.69, 9.17) is 14.3 Å². The number of hydrogen-bond acceptors (Lipinski definition) is 6. The van der Waals surface area contributed by atoms with Gasteiger partial charge in [-0.2, -0.15) is 0 Å². The van der Waals surface area contributed by atoms with Crippen molar-refractivity contribution in [3.8, 4) is 0 Å². The fourth-order valence-electron chi connectivity index (χ4n) is 3.16. The number of benzene rings is 1. The second kappa shape index (κ2) is 8.28. The van der Waals surface area contributed by atoms with E-state index >= 15 is 0 Å². The fraction of sp³-hybridized carbons (Fsp3) is 0.450. The number of esters is 1. The van der Waals surface area contributed by atoms with E-state index in [-0.39, 0.29) is 36.8 Å². The first kappa shape index (κ1) is 20.9. The first-order chi connectivity index (χ1) is 13.7. The van der Waals surface area contributed by atoms with Crippen LogP contribution in [0, 0.1) is 11.6 Å². The predicted octanol–water partition coefficient (Wildman–Crippen LogP) is 2.24. The molecule has 1 amide bonds. The first-order valence-corrected chi connectivity index (χ1v) is 9.20. The second-order valence-corrected chi connectivity index (χ2v) is 7.27. The summed E-state index contributed by atoms with van der Waals surface area (Å²) in [4.78, 5) is 30.1. The van der Waals surface area contributed by atoms with Crippen molar-refractivity contribution < 1.29 is 32.7 Å². The number of nitrogens with one attached hydrogen (secondary N) is 1. The highest BCUT2D eigenvalue weighted by atomic mass is 19.1. The van der Waals surface area contributed by atoms with Crippen LogP contribution in [0.15, 0.2) is 36.0 Å². The highest BCUT2D eigenvalue weighted by molar-refractivity contribution is 6.06. The minimum Gasteiger partial charge on any atom is -0.461 e. The van der Waals surface area contributed by atoms with E-state index in [1.807, 2.05) is 0 Å². The SMILES string of the molecule is C=C[C@]1(C(=O)N[C@H]2CO[C@@H](C(=O)OC(C)C)C2)CC(c2cc(F)cc(F)c2)=NO1. The van der Waals surface area contributed by atoms with Gasteiger partial charge in [0.1, 0.15) is 11.6 Å². The monoisotopic (exact) mass is 408 g/mol. The molecule has 1 N–H and O–H groups in total. The van der Waals surface area contributed by atoms with Crippen molar-refractivity contribution in [2.75, 3.05) is 6.61 Å². The third kappa shape index (κ3) is 4.61. The number of carbonyl (C=O) groups excluding carboxylic acids is 2. The Labute approximate surface area is 166 Å². The molecule has 2 aliphatic rings. The summed E-state index contributed by atoms with van der Waals surface area (Å²) in [6.45, 7) is 7.25. The molecule has 1 fully saturated rings. The van der Waals surface area contributed by atoms with Crippen LogP contribution in [0.4, 0.5) is 8.78 Å². The van der Waals surface area contributed by atoms with Crippen LogP contribution in [0.3, 0.4) is 0 Å². The Morgan fingerprint density at radius 2 is 2.03 bits per heavy atom. The van der Waals surface area contributed by atoms with Gasteiger partial charge < -0.3 is 19.6 Å². The van der Waals surface area contributed by atoms with Gasteiger partial charge in [0, 0.05) is 24.5 Å². The Bertz CT molecular complexity index is 837. The molecule has 0 radical (unpaired) electrons. The summed E-state index contributed by atoms with van der Waals surface area (Å²) in [6, 6.07) is 2.54. The standard InChI is InChI=1S/C20H22F2N2O5/c1-4-20(9-16(24-29-20)12-5-13(21)7-14(22)6-12)19(26)23-15-8-17(27-10-15)18(25)28-11(2)3/h4-7,11,15,17H,1,8-10H2,2-3H3,(H,23,26)/t15-,17-,20-/m1/s1. The Morgan fingerprint density at radius 3 is 2.66 bits per heavy atom. The van der Waals surface area contributed by atoms with E-state index in [9.17, 15) is 18.4 Å². The van der Waals surface area contributed by atoms with Crippen molar-refractivity contribution in [2.24, 2.45) is 5.16 Å². The Hall–Kier alpha value is -2.81. The molecule has 1 aromatic carbocycles. The van der Waals surface area contributed by atoms with Crippen LogP contribution >= 0.6 is 0 Å². The molecule has 0 aliphatic carbocycles. The molecule has 1 saturated heterocycles. The first-order valence-electron chi connectivity index (χ1n) is 9.20. The molecule has 0 aromatic heterocycles. The van der Waals surface area contributed by atoms with Crippen LogP contribution in [-0.4, -0.2) is 48.0 Å². The van der Waals surface area contributed by atoms with Gasteiger partial charge in [0.15, 0.2) is 6.10 Å². The van der Waals surface area contributed by atoms with Gasteiger partial charge in [0.2, 0.25) is 5.60 Å². The Morgan fingerprint density at radius 1 is 1.34 bits per heavy atom. The van der Waals surface area contributed by atoms with Crippen LogP contribution in [0.5, 0.6) is 0 Å². The quantitative estimate of drug-likeness (QED) is 0.576. The van der Waals surface area contributed by atoms with E-state index < -0.39 is 41.3 Å². The zero-order valence-electron chi connectivity index (χ0n) is 16.1. The average molecular weight is 408 g/mol. The zero-order chi connectivity index (χ0) is 21.2. The van der Waals surface area contributed by atoms with Gasteiger partial charge in [-0.3, -0.25) is 4.79 Å². The summed E-state index contributed by atoms with van der Waals surface area (Å²) >= 11 is 0. The summed E-state index contributed by atoms with van der Waals surface area (Å²) < 4.78 is 37.5. The Kier molecular flexibility index (Phi) is 5.97. The molecule has 3 rings (SSSR count). The normalized spacial score (nSPS) is 26.0. The lowest BCUT2D eigenvalue weighted by Gasteiger charge is -2.23. The summed E-state index contributed by atoms with van der Waals surface area (Å²) in [5.41, 5.74) is -1.12. The van der Waals surface area contributed by atoms with Gasteiger partial charge in [-0.15, -0.1) is 0 Å². The molecule has 9 heteroatoms. The smallest absolute Gasteiger partial charge is 0.335 e. The molecule has 0 bridgehead atoms. The maximum absolute atomic E-state index is 13.5. The summed E-state index contributed by atoms with van der Waals surface area (Å²) in [5.74, 6) is -2.53. The summed E-state index contributed by atoms with van der Waals surface area (Å²) in [7, 11) is 0. The molecule has 2 aliphatic heterocycles. The van der Waals surface area contributed by atoms with Crippen molar-refractivity contribution in [3.05, 3.63) is 48.1 Å². The van der Waals surface area contributed by atoms with Crippen molar-refractivity contribution in [3.63, 3.8) is 0 Å². The molecule has 29 heavy (non-hydrogen) atoms. The van der Waals surface area contributed by atoms with Gasteiger partial charge >= 0.3 is 5.97 Å². The van der Waals surface area contributed by atoms with E-state index in [0.717, 1.165) is 18.2 Å². The zero-order valence-corrected chi connectivity index (χ0v) is 16.1. The molecule has 1 aromatic rings. The number of oxime groups is 1. The number of ether oxygens (including phenoxy) is 2. The van der Waals surface area contributed by atoms with E-state index in [1.165, 1.54) is 6.08 Å². The van der Waals surface area contributed by atoms with Gasteiger partial charge in [-0.05, 0) is 32.1 Å². The number of rotatable bonds is 6. The van der Waals surface area contributed by atoms with Crippen molar-refractivity contribution in [1.82, 2.24) is 5.32 Å². The summed E-state index contributed by atoms with van der Waals surface area (Å²) in [5, 5.41) is 6.59.